The zero-order valence-corrected chi connectivity index (χ0v) is 9.35. The maximum Gasteiger partial charge on any atom is 0.333 e. The van der Waals surface area contributed by atoms with Crippen LogP contribution < -0.4 is 4.74 Å². The van der Waals surface area contributed by atoms with Crippen LogP contribution >= 0.6 is 0 Å². The Morgan fingerprint density at radius 3 is 2.82 bits per heavy atom. The number of carbonyl (C=O) groups is 1. The predicted octanol–water partition coefficient (Wildman–Crippen LogP) is 1.10. The smallest absolute Gasteiger partial charge is 0.333 e. The minimum Gasteiger partial charge on any atom is -0.493 e. The third-order valence-corrected chi connectivity index (χ3v) is 3.80. The lowest BCUT2D eigenvalue weighted by atomic mass is 9.88. The van der Waals surface area contributed by atoms with E-state index in [2.05, 4.69) is 0 Å². The zero-order chi connectivity index (χ0) is 12.0. The van der Waals surface area contributed by atoms with Crippen molar-refractivity contribution >= 4 is 5.97 Å². The molecule has 1 saturated carbocycles. The molecule has 0 aromatic heterocycles. The molecule has 1 unspecified atom stereocenters. The van der Waals surface area contributed by atoms with Gasteiger partial charge in [0.25, 0.3) is 0 Å². The van der Waals surface area contributed by atoms with Gasteiger partial charge in [-0.3, -0.25) is 0 Å². The van der Waals surface area contributed by atoms with E-state index in [4.69, 9.17) is 9.84 Å². The summed E-state index contributed by atoms with van der Waals surface area (Å²) in [6.45, 7) is 0.644. The summed E-state index contributed by atoms with van der Waals surface area (Å²) < 4.78 is 5.58. The first-order valence-electron chi connectivity index (χ1n) is 5.81. The van der Waals surface area contributed by atoms with Crippen LogP contribution in [-0.2, 0) is 16.6 Å². The summed E-state index contributed by atoms with van der Waals surface area (Å²) in [4.78, 5) is 11.0. The molecule has 1 aromatic carbocycles. The third kappa shape index (κ3) is 1.44. The summed E-state index contributed by atoms with van der Waals surface area (Å²) in [5.41, 5.74) is 1.36. The maximum absolute atomic E-state index is 11.0. The van der Waals surface area contributed by atoms with Gasteiger partial charge in [-0.2, -0.15) is 0 Å². The Kier molecular flexibility index (Phi) is 2.16. The summed E-state index contributed by atoms with van der Waals surface area (Å²) in [5, 5.41) is 18.8. The van der Waals surface area contributed by atoms with Gasteiger partial charge in [-0.25, -0.2) is 4.79 Å². The molecule has 90 valence electrons. The van der Waals surface area contributed by atoms with E-state index in [0.717, 1.165) is 23.3 Å². The topological polar surface area (TPSA) is 66.8 Å². The van der Waals surface area contributed by atoms with Crippen LogP contribution in [0.25, 0.3) is 0 Å². The Bertz CT molecular complexity index is 476. The molecule has 4 nitrogen and oxygen atoms in total. The average Bonchev–Trinajstić information content (AvgIpc) is 2.98. The van der Waals surface area contributed by atoms with Gasteiger partial charge in [0.1, 0.15) is 5.75 Å². The van der Waals surface area contributed by atoms with Gasteiger partial charge in [-0.1, -0.05) is 18.2 Å². The molecular formula is C13H14O4. The highest BCUT2D eigenvalue weighted by molar-refractivity contribution is 5.76. The van der Waals surface area contributed by atoms with Crippen LogP contribution in [0.3, 0.4) is 0 Å². The van der Waals surface area contributed by atoms with Gasteiger partial charge in [0, 0.05) is 17.4 Å². The number of benzene rings is 1. The number of fused-ring (bicyclic) bond motifs is 1. The van der Waals surface area contributed by atoms with Gasteiger partial charge in [0.05, 0.1) is 6.61 Å². The molecule has 1 heterocycles. The van der Waals surface area contributed by atoms with E-state index in [-0.39, 0.29) is 0 Å². The lowest BCUT2D eigenvalue weighted by Crippen LogP contribution is -2.34. The second kappa shape index (κ2) is 3.47. The van der Waals surface area contributed by atoms with Gasteiger partial charge < -0.3 is 14.9 Å². The van der Waals surface area contributed by atoms with Crippen LogP contribution in [0.15, 0.2) is 18.2 Å². The SMILES string of the molecule is O=C(O)C(O)C1(c2cccc3c2OCC3)CC1. The maximum atomic E-state index is 11.0. The Morgan fingerprint density at radius 2 is 2.18 bits per heavy atom. The Labute approximate surface area is 98.8 Å². The van der Waals surface area contributed by atoms with E-state index in [1.54, 1.807) is 0 Å². The highest BCUT2D eigenvalue weighted by Gasteiger charge is 2.55. The van der Waals surface area contributed by atoms with E-state index in [1.807, 2.05) is 18.2 Å². The number of para-hydroxylation sites is 1. The number of aliphatic carboxylic acids is 1. The molecule has 0 spiro atoms. The van der Waals surface area contributed by atoms with E-state index < -0.39 is 17.5 Å². The van der Waals surface area contributed by atoms with Crippen molar-refractivity contribution in [3.8, 4) is 5.75 Å². The van der Waals surface area contributed by atoms with Crippen LogP contribution in [0.5, 0.6) is 5.75 Å². The molecule has 0 saturated heterocycles. The molecule has 4 heteroatoms. The Balaban J connectivity index is 2.05. The van der Waals surface area contributed by atoms with Crippen molar-refractivity contribution in [3.05, 3.63) is 29.3 Å². The standard InChI is InChI=1S/C13H14O4/c14-11(12(15)16)13(5-6-13)9-3-1-2-8-4-7-17-10(8)9/h1-3,11,14H,4-7H2,(H,15,16). The summed E-state index contributed by atoms with van der Waals surface area (Å²) in [6.07, 6.45) is 0.946. The van der Waals surface area contributed by atoms with Crippen molar-refractivity contribution < 1.29 is 19.7 Å². The molecule has 2 N–H and O–H groups in total. The number of hydrogen-bond donors (Lipinski definition) is 2. The number of aliphatic hydroxyl groups excluding tert-OH is 1. The van der Waals surface area contributed by atoms with Gasteiger partial charge >= 0.3 is 5.97 Å². The zero-order valence-electron chi connectivity index (χ0n) is 9.35. The van der Waals surface area contributed by atoms with E-state index in [0.29, 0.717) is 19.4 Å². The fourth-order valence-corrected chi connectivity index (χ4v) is 2.67. The van der Waals surface area contributed by atoms with Crippen molar-refractivity contribution in [2.45, 2.75) is 30.8 Å². The van der Waals surface area contributed by atoms with E-state index >= 15 is 0 Å². The Morgan fingerprint density at radius 1 is 1.41 bits per heavy atom. The molecule has 1 fully saturated rings. The van der Waals surface area contributed by atoms with Gasteiger partial charge in [0.2, 0.25) is 0 Å². The normalized spacial score (nSPS) is 21.5. The molecule has 3 rings (SSSR count). The molecule has 2 aliphatic rings. The van der Waals surface area contributed by atoms with Crippen molar-refractivity contribution in [1.29, 1.82) is 0 Å². The average molecular weight is 234 g/mol. The van der Waals surface area contributed by atoms with Crippen molar-refractivity contribution in [1.82, 2.24) is 0 Å². The predicted molar refractivity (Wildman–Crippen MR) is 60.2 cm³/mol. The molecule has 1 aromatic rings. The first kappa shape index (κ1) is 10.6. The van der Waals surface area contributed by atoms with Crippen LogP contribution in [0, 0.1) is 0 Å². The largest absolute Gasteiger partial charge is 0.493 e. The quantitative estimate of drug-likeness (QED) is 0.821. The first-order chi connectivity index (χ1) is 8.15. The minimum atomic E-state index is -1.34. The highest BCUT2D eigenvalue weighted by Crippen LogP contribution is 2.55. The fraction of sp³-hybridized carbons (Fsp3) is 0.462. The van der Waals surface area contributed by atoms with Crippen LogP contribution in [-0.4, -0.2) is 28.9 Å². The minimum absolute atomic E-state index is 0.623. The van der Waals surface area contributed by atoms with Crippen LogP contribution in [0.1, 0.15) is 24.0 Å². The number of aliphatic hydroxyl groups is 1. The second-order valence-electron chi connectivity index (χ2n) is 4.79. The monoisotopic (exact) mass is 234 g/mol. The summed E-state index contributed by atoms with van der Waals surface area (Å²) in [6, 6.07) is 5.79. The van der Waals surface area contributed by atoms with Crippen molar-refractivity contribution in [2.24, 2.45) is 0 Å². The summed E-state index contributed by atoms with van der Waals surface area (Å²) in [7, 11) is 0. The molecular weight excluding hydrogens is 220 g/mol. The second-order valence-corrected chi connectivity index (χ2v) is 4.79. The van der Waals surface area contributed by atoms with Gasteiger partial charge in [-0.15, -0.1) is 0 Å². The third-order valence-electron chi connectivity index (χ3n) is 3.80. The van der Waals surface area contributed by atoms with Gasteiger partial charge in [0.15, 0.2) is 6.10 Å². The van der Waals surface area contributed by atoms with Crippen LogP contribution in [0.4, 0.5) is 0 Å². The molecule has 0 radical (unpaired) electrons. The Hall–Kier alpha value is -1.55. The fourth-order valence-electron chi connectivity index (χ4n) is 2.67. The molecule has 1 aliphatic carbocycles. The highest BCUT2D eigenvalue weighted by atomic mass is 16.5. The molecule has 1 atom stereocenters. The number of carboxylic acids is 1. The van der Waals surface area contributed by atoms with Gasteiger partial charge in [-0.05, 0) is 18.4 Å². The van der Waals surface area contributed by atoms with Crippen molar-refractivity contribution in [2.75, 3.05) is 6.61 Å². The van der Waals surface area contributed by atoms with E-state index in [9.17, 15) is 9.90 Å². The number of hydrogen-bond acceptors (Lipinski definition) is 3. The van der Waals surface area contributed by atoms with Crippen molar-refractivity contribution in [3.63, 3.8) is 0 Å². The number of carboxylic acid groups (broad SMARTS) is 1. The van der Waals surface area contributed by atoms with E-state index in [1.165, 1.54) is 0 Å². The van der Waals surface area contributed by atoms with Crippen LogP contribution in [0.2, 0.25) is 0 Å². The number of rotatable bonds is 3. The first-order valence-corrected chi connectivity index (χ1v) is 5.81. The number of ether oxygens (including phenoxy) is 1. The lowest BCUT2D eigenvalue weighted by Gasteiger charge is -2.21. The molecule has 0 amide bonds. The summed E-state index contributed by atoms with van der Waals surface area (Å²) >= 11 is 0. The lowest BCUT2D eigenvalue weighted by molar-refractivity contribution is -0.148. The molecule has 17 heavy (non-hydrogen) atoms. The molecule has 0 bridgehead atoms. The summed E-state index contributed by atoms with van der Waals surface area (Å²) in [5.74, 6) is -0.358. The molecule has 1 aliphatic heterocycles.